The summed E-state index contributed by atoms with van der Waals surface area (Å²) in [5.74, 6) is 0.116. The number of carbonyl (C=O) groups is 1. The van der Waals surface area contributed by atoms with Crippen molar-refractivity contribution in [2.75, 3.05) is 13.2 Å². The monoisotopic (exact) mass is 371 g/mol. The fourth-order valence-corrected chi connectivity index (χ4v) is 4.81. The molecule has 1 spiro atoms. The predicted octanol–water partition coefficient (Wildman–Crippen LogP) is 2.97. The molecule has 2 aliphatic rings. The van der Waals surface area contributed by atoms with Crippen LogP contribution in [0.3, 0.4) is 0 Å². The van der Waals surface area contributed by atoms with Crippen LogP contribution in [0.15, 0.2) is 47.6 Å². The predicted molar refractivity (Wildman–Crippen MR) is 99.4 cm³/mol. The first-order valence-corrected chi connectivity index (χ1v) is 9.16. The summed E-state index contributed by atoms with van der Waals surface area (Å²) in [6, 6.07) is 12.2. The molecule has 2 aromatic carbocycles. The maximum atomic E-state index is 13.8. The van der Waals surface area contributed by atoms with Gasteiger partial charge >= 0.3 is 0 Å². The van der Waals surface area contributed by atoms with E-state index in [1.165, 1.54) is 28.9 Å². The van der Waals surface area contributed by atoms with Crippen molar-refractivity contribution in [2.45, 2.75) is 18.2 Å². The van der Waals surface area contributed by atoms with Crippen LogP contribution in [0.2, 0.25) is 0 Å². The lowest BCUT2D eigenvalue weighted by molar-refractivity contribution is -0.133. The van der Waals surface area contributed by atoms with Crippen molar-refractivity contribution in [1.29, 1.82) is 0 Å². The first-order valence-electron chi connectivity index (χ1n) is 8.35. The molecule has 2 aliphatic heterocycles. The van der Waals surface area contributed by atoms with Crippen molar-refractivity contribution in [3.05, 3.63) is 65.0 Å². The largest absolute Gasteiger partial charge is 0.493 e. The van der Waals surface area contributed by atoms with Gasteiger partial charge in [-0.2, -0.15) is 5.10 Å². The summed E-state index contributed by atoms with van der Waals surface area (Å²) in [5, 5.41) is 6.64. The van der Waals surface area contributed by atoms with E-state index in [-0.39, 0.29) is 18.3 Å². The minimum atomic E-state index is -0.723. The van der Waals surface area contributed by atoms with E-state index in [4.69, 9.17) is 10.5 Å². The molecule has 0 aliphatic carbocycles. The number of amides is 1. The Labute approximate surface area is 155 Å². The Morgan fingerprint density at radius 1 is 1.38 bits per heavy atom. The molecule has 1 unspecified atom stereocenters. The molecule has 0 bridgehead atoms. The topological polar surface area (TPSA) is 67.9 Å². The number of para-hydroxylation sites is 1. The van der Waals surface area contributed by atoms with Gasteiger partial charge < -0.3 is 10.5 Å². The minimum absolute atomic E-state index is 0.149. The Balaban J connectivity index is 1.85. The fourth-order valence-electron chi connectivity index (χ4n) is 3.35. The smallest absolute Gasteiger partial charge is 0.258 e. The second-order valence-corrected chi connectivity index (χ2v) is 7.52. The maximum absolute atomic E-state index is 13.8. The number of aryl methyl sites for hydroxylation is 1. The molecule has 0 saturated heterocycles. The lowest BCUT2D eigenvalue weighted by Gasteiger charge is -2.39. The summed E-state index contributed by atoms with van der Waals surface area (Å²) in [5.41, 5.74) is 8.10. The first kappa shape index (κ1) is 17.1. The highest BCUT2D eigenvalue weighted by Crippen LogP contribution is 2.54. The normalized spacial score (nSPS) is 21.3. The molecule has 134 valence electrons. The van der Waals surface area contributed by atoms with Crippen molar-refractivity contribution in [3.8, 4) is 5.75 Å². The second kappa shape index (κ2) is 6.41. The molecule has 1 amide bonds. The third kappa shape index (κ3) is 2.59. The molecule has 0 fully saturated rings. The number of carbonyl (C=O) groups excluding carboxylic acids is 1. The molecular formula is C19H18FN3O2S. The van der Waals surface area contributed by atoms with Crippen LogP contribution < -0.4 is 10.5 Å². The molecule has 5 nitrogen and oxygen atoms in total. The average molecular weight is 371 g/mol. The van der Waals surface area contributed by atoms with Crippen LogP contribution in [0.5, 0.6) is 5.75 Å². The van der Waals surface area contributed by atoms with Crippen molar-refractivity contribution in [2.24, 2.45) is 10.8 Å². The van der Waals surface area contributed by atoms with Crippen molar-refractivity contribution in [3.63, 3.8) is 0 Å². The van der Waals surface area contributed by atoms with E-state index in [2.05, 4.69) is 5.10 Å². The Morgan fingerprint density at radius 3 is 3.00 bits per heavy atom. The highest BCUT2D eigenvalue weighted by Gasteiger charge is 2.51. The Kier molecular flexibility index (Phi) is 4.20. The molecule has 1 atom stereocenters. The zero-order chi connectivity index (χ0) is 18.3. The number of hydrazone groups is 1. The molecule has 0 radical (unpaired) electrons. The molecule has 2 heterocycles. The van der Waals surface area contributed by atoms with E-state index < -0.39 is 4.87 Å². The third-order valence-electron chi connectivity index (χ3n) is 4.65. The number of thioether (sulfide) groups is 1. The van der Waals surface area contributed by atoms with Crippen molar-refractivity contribution < 1.29 is 13.9 Å². The summed E-state index contributed by atoms with van der Waals surface area (Å²) >= 11 is 1.46. The van der Waals surface area contributed by atoms with Gasteiger partial charge in [0.1, 0.15) is 21.5 Å². The molecule has 4 rings (SSSR count). The lowest BCUT2D eigenvalue weighted by Crippen LogP contribution is -2.46. The van der Waals surface area contributed by atoms with Gasteiger partial charge in [-0.1, -0.05) is 36.0 Å². The van der Waals surface area contributed by atoms with Crippen molar-refractivity contribution >= 4 is 22.7 Å². The maximum Gasteiger partial charge on any atom is 0.258 e. The standard InChI is InChI=1S/C19H18FN3O2S/c1-12-6-7-13(20)10-14(12)18-22-23(17(24)11-21)19(26-18)8-9-25-16-5-3-2-4-15(16)19/h2-7,10H,8-9,11,21H2,1H3. The molecule has 2 aromatic rings. The highest BCUT2D eigenvalue weighted by molar-refractivity contribution is 8.15. The van der Waals surface area contributed by atoms with Crippen molar-refractivity contribution in [1.82, 2.24) is 5.01 Å². The van der Waals surface area contributed by atoms with E-state index in [0.29, 0.717) is 23.6 Å². The van der Waals surface area contributed by atoms with E-state index in [9.17, 15) is 9.18 Å². The summed E-state index contributed by atoms with van der Waals surface area (Å²) in [6.45, 7) is 2.21. The fraction of sp³-hybridized carbons (Fsp3) is 0.263. The van der Waals surface area contributed by atoms with Gasteiger partial charge in [-0.3, -0.25) is 4.79 Å². The number of nitrogens with two attached hydrogens (primary N) is 1. The Morgan fingerprint density at radius 2 is 2.19 bits per heavy atom. The van der Waals surface area contributed by atoms with Crippen LogP contribution in [-0.2, 0) is 9.67 Å². The van der Waals surface area contributed by atoms with Gasteiger partial charge in [0.05, 0.1) is 13.2 Å². The molecular weight excluding hydrogens is 353 g/mol. The SMILES string of the molecule is Cc1ccc(F)cc1C1=NN(C(=O)CN)C2(CCOc3ccccc32)S1. The summed E-state index contributed by atoms with van der Waals surface area (Å²) in [6.07, 6.45) is 0.571. The number of ether oxygens (including phenoxy) is 1. The minimum Gasteiger partial charge on any atom is -0.493 e. The number of rotatable bonds is 2. The Bertz CT molecular complexity index is 917. The van der Waals surface area contributed by atoms with E-state index in [1.807, 2.05) is 31.2 Å². The van der Waals surface area contributed by atoms with Gasteiger partial charge in [-0.15, -0.1) is 0 Å². The number of fused-ring (bicyclic) bond motifs is 2. The van der Waals surface area contributed by atoms with E-state index >= 15 is 0 Å². The molecule has 7 heteroatoms. The summed E-state index contributed by atoms with van der Waals surface area (Å²) in [4.78, 5) is 11.9. The molecule has 0 saturated carbocycles. The van der Waals surface area contributed by atoms with Crippen LogP contribution in [0, 0.1) is 12.7 Å². The van der Waals surface area contributed by atoms with Gasteiger partial charge in [0.15, 0.2) is 0 Å². The van der Waals surface area contributed by atoms with E-state index in [1.54, 1.807) is 6.07 Å². The number of hydrogen-bond donors (Lipinski definition) is 1. The van der Waals surface area contributed by atoms with Crippen LogP contribution in [-0.4, -0.2) is 29.1 Å². The zero-order valence-corrected chi connectivity index (χ0v) is 15.1. The number of benzene rings is 2. The summed E-state index contributed by atoms with van der Waals surface area (Å²) < 4.78 is 19.6. The molecule has 0 aromatic heterocycles. The third-order valence-corrected chi connectivity index (χ3v) is 6.08. The van der Waals surface area contributed by atoms with E-state index in [0.717, 1.165) is 16.9 Å². The highest BCUT2D eigenvalue weighted by atomic mass is 32.2. The molecule has 2 N–H and O–H groups in total. The van der Waals surface area contributed by atoms with Crippen LogP contribution in [0.25, 0.3) is 0 Å². The zero-order valence-electron chi connectivity index (χ0n) is 14.2. The van der Waals surface area contributed by atoms with Gasteiger partial charge in [0, 0.05) is 17.5 Å². The van der Waals surface area contributed by atoms with Gasteiger partial charge in [-0.25, -0.2) is 9.40 Å². The van der Waals surface area contributed by atoms with Crippen LogP contribution in [0.1, 0.15) is 23.1 Å². The Hall–Kier alpha value is -2.38. The van der Waals surface area contributed by atoms with Crippen LogP contribution in [0.4, 0.5) is 4.39 Å². The van der Waals surface area contributed by atoms with Gasteiger partial charge in [0.2, 0.25) is 0 Å². The lowest BCUT2D eigenvalue weighted by atomic mass is 9.99. The number of nitrogens with zero attached hydrogens (tertiary/aromatic N) is 2. The van der Waals surface area contributed by atoms with Gasteiger partial charge in [0.25, 0.3) is 5.91 Å². The molecule has 26 heavy (non-hydrogen) atoms. The number of hydrogen-bond acceptors (Lipinski definition) is 5. The first-order chi connectivity index (χ1) is 12.5. The van der Waals surface area contributed by atoms with Gasteiger partial charge in [-0.05, 0) is 30.7 Å². The average Bonchev–Trinajstić information content (AvgIpc) is 3.03. The number of halogens is 1. The van der Waals surface area contributed by atoms with Crippen LogP contribution >= 0.6 is 11.8 Å². The summed E-state index contributed by atoms with van der Waals surface area (Å²) in [7, 11) is 0. The second-order valence-electron chi connectivity index (χ2n) is 6.26. The quantitative estimate of drug-likeness (QED) is 0.881.